The van der Waals surface area contributed by atoms with Crippen LogP contribution < -0.4 is 5.32 Å². The maximum atomic E-state index is 10.4. The molecule has 3 rings (SSSR count). The summed E-state index contributed by atoms with van der Waals surface area (Å²) in [6, 6.07) is 3.61. The number of piperidine rings is 1. The Morgan fingerprint density at radius 2 is 2.17 bits per heavy atom. The van der Waals surface area contributed by atoms with Gasteiger partial charge in [0.1, 0.15) is 0 Å². The normalized spacial score (nSPS) is 24.1. The van der Waals surface area contributed by atoms with Gasteiger partial charge in [-0.25, -0.2) is 0 Å². The van der Waals surface area contributed by atoms with Crippen molar-refractivity contribution in [3.63, 3.8) is 0 Å². The highest BCUT2D eigenvalue weighted by Crippen LogP contribution is 2.28. The molecule has 1 unspecified atom stereocenters. The Bertz CT molecular complexity index is 520. The van der Waals surface area contributed by atoms with Crippen molar-refractivity contribution >= 4 is 0 Å². The number of pyridine rings is 1. The van der Waals surface area contributed by atoms with E-state index in [1.54, 1.807) is 24.5 Å². The molecule has 0 amide bonds. The van der Waals surface area contributed by atoms with Crippen molar-refractivity contribution in [2.75, 3.05) is 13.1 Å². The molecule has 1 atom stereocenters. The number of rotatable bonds is 2. The van der Waals surface area contributed by atoms with Crippen molar-refractivity contribution in [2.24, 2.45) is 0 Å². The highest BCUT2D eigenvalue weighted by Gasteiger charge is 2.37. The minimum absolute atomic E-state index is 0.279. The van der Waals surface area contributed by atoms with E-state index < -0.39 is 5.60 Å². The van der Waals surface area contributed by atoms with Crippen LogP contribution in [-0.4, -0.2) is 33.3 Å². The van der Waals surface area contributed by atoms with E-state index in [2.05, 4.69) is 20.4 Å². The lowest BCUT2D eigenvalue weighted by Crippen LogP contribution is -2.43. The van der Waals surface area contributed by atoms with Gasteiger partial charge in [0.25, 0.3) is 5.89 Å². The summed E-state index contributed by atoms with van der Waals surface area (Å²) >= 11 is 0. The average molecular weight is 246 g/mol. The van der Waals surface area contributed by atoms with Crippen molar-refractivity contribution in [1.29, 1.82) is 0 Å². The van der Waals surface area contributed by atoms with Gasteiger partial charge in [-0.1, -0.05) is 5.16 Å². The van der Waals surface area contributed by atoms with Crippen LogP contribution in [0.15, 0.2) is 29.0 Å². The van der Waals surface area contributed by atoms with E-state index in [4.69, 9.17) is 4.52 Å². The van der Waals surface area contributed by atoms with Gasteiger partial charge in [-0.2, -0.15) is 4.98 Å². The van der Waals surface area contributed by atoms with Crippen LogP contribution in [0.25, 0.3) is 11.4 Å². The maximum Gasteiger partial charge on any atom is 0.260 e. The summed E-state index contributed by atoms with van der Waals surface area (Å²) in [5, 5.41) is 17.5. The number of hydrogen-bond donors (Lipinski definition) is 2. The van der Waals surface area contributed by atoms with Crippen LogP contribution in [0.3, 0.4) is 0 Å². The van der Waals surface area contributed by atoms with Gasteiger partial charge < -0.3 is 14.9 Å². The fourth-order valence-electron chi connectivity index (χ4n) is 2.10. The largest absolute Gasteiger partial charge is 0.379 e. The summed E-state index contributed by atoms with van der Waals surface area (Å²) < 4.78 is 5.19. The van der Waals surface area contributed by atoms with E-state index in [9.17, 15) is 5.11 Å². The molecule has 94 valence electrons. The molecule has 0 aliphatic carbocycles. The Hall–Kier alpha value is -1.79. The molecule has 0 bridgehead atoms. The zero-order valence-corrected chi connectivity index (χ0v) is 9.83. The molecule has 1 fully saturated rings. The molecule has 0 saturated carbocycles. The summed E-state index contributed by atoms with van der Waals surface area (Å²) in [6.45, 7) is 1.36. The Morgan fingerprint density at radius 1 is 1.33 bits per heavy atom. The van der Waals surface area contributed by atoms with E-state index >= 15 is 0 Å². The number of aromatic nitrogens is 3. The molecule has 3 heterocycles. The molecule has 6 heteroatoms. The van der Waals surface area contributed by atoms with Crippen molar-refractivity contribution in [2.45, 2.75) is 18.4 Å². The highest BCUT2D eigenvalue weighted by atomic mass is 16.5. The number of aliphatic hydroxyl groups is 1. The first-order valence-corrected chi connectivity index (χ1v) is 5.96. The molecule has 18 heavy (non-hydrogen) atoms. The molecule has 1 saturated heterocycles. The molecule has 0 spiro atoms. The molecule has 2 N–H and O–H groups in total. The van der Waals surface area contributed by atoms with Crippen LogP contribution in [0.4, 0.5) is 0 Å². The van der Waals surface area contributed by atoms with Crippen LogP contribution in [0.1, 0.15) is 18.7 Å². The third-order valence-corrected chi connectivity index (χ3v) is 3.12. The minimum Gasteiger partial charge on any atom is -0.379 e. The van der Waals surface area contributed by atoms with Crippen LogP contribution in [0, 0.1) is 0 Å². The molecule has 0 radical (unpaired) electrons. The fraction of sp³-hybridized carbons (Fsp3) is 0.417. The summed E-state index contributed by atoms with van der Waals surface area (Å²) in [5.41, 5.74) is -0.219. The number of β-amino-alcohol motifs (C(OH)–C–C–N with tert-alkyl or cyclic N) is 1. The standard InChI is InChI=1S/C12H14N4O2/c17-12(4-1-5-14-8-12)11-15-10(16-18-11)9-2-6-13-7-3-9/h2-3,6-7,14,17H,1,4-5,8H2. The smallest absolute Gasteiger partial charge is 0.260 e. The van der Waals surface area contributed by atoms with Gasteiger partial charge >= 0.3 is 0 Å². The molecule has 0 aromatic carbocycles. The van der Waals surface area contributed by atoms with E-state index in [1.807, 2.05) is 0 Å². The second-order valence-corrected chi connectivity index (χ2v) is 4.47. The Labute approximate surface area is 104 Å². The molecular formula is C12H14N4O2. The molecular weight excluding hydrogens is 232 g/mol. The molecule has 6 nitrogen and oxygen atoms in total. The van der Waals surface area contributed by atoms with Crippen LogP contribution >= 0.6 is 0 Å². The highest BCUT2D eigenvalue weighted by molar-refractivity contribution is 5.52. The van der Waals surface area contributed by atoms with Crippen LogP contribution in [0.5, 0.6) is 0 Å². The van der Waals surface area contributed by atoms with Crippen molar-refractivity contribution < 1.29 is 9.63 Å². The zero-order chi connectivity index (χ0) is 12.4. The second-order valence-electron chi connectivity index (χ2n) is 4.47. The number of hydrogen-bond acceptors (Lipinski definition) is 6. The van der Waals surface area contributed by atoms with Gasteiger partial charge in [0.05, 0.1) is 0 Å². The summed E-state index contributed by atoms with van der Waals surface area (Å²) in [6.07, 6.45) is 4.87. The van der Waals surface area contributed by atoms with Gasteiger partial charge in [-0.05, 0) is 31.5 Å². The Morgan fingerprint density at radius 3 is 2.89 bits per heavy atom. The summed E-state index contributed by atoms with van der Waals surface area (Å²) in [7, 11) is 0. The average Bonchev–Trinajstić information content (AvgIpc) is 2.91. The first-order valence-electron chi connectivity index (χ1n) is 5.96. The van der Waals surface area contributed by atoms with Gasteiger partial charge in [0.2, 0.25) is 5.82 Å². The lowest BCUT2D eigenvalue weighted by molar-refractivity contribution is -0.0167. The molecule has 2 aromatic rings. The number of nitrogens with one attached hydrogen (secondary N) is 1. The Kier molecular flexibility index (Phi) is 2.81. The van der Waals surface area contributed by atoms with Crippen molar-refractivity contribution in [3.8, 4) is 11.4 Å². The second kappa shape index (κ2) is 4.47. The zero-order valence-electron chi connectivity index (χ0n) is 9.83. The molecule has 1 aliphatic rings. The van der Waals surface area contributed by atoms with Crippen molar-refractivity contribution in [1.82, 2.24) is 20.4 Å². The van der Waals surface area contributed by atoms with E-state index in [0.717, 1.165) is 18.5 Å². The summed E-state index contributed by atoms with van der Waals surface area (Å²) in [4.78, 5) is 8.22. The third kappa shape index (κ3) is 2.00. The van der Waals surface area contributed by atoms with Crippen LogP contribution in [0.2, 0.25) is 0 Å². The molecule has 1 aliphatic heterocycles. The van der Waals surface area contributed by atoms with Gasteiger partial charge in [-0.15, -0.1) is 0 Å². The predicted octanol–water partition coefficient (Wildman–Crippen LogP) is 0.703. The van der Waals surface area contributed by atoms with Gasteiger partial charge in [-0.3, -0.25) is 4.98 Å². The van der Waals surface area contributed by atoms with Crippen LogP contribution in [-0.2, 0) is 5.60 Å². The first-order chi connectivity index (χ1) is 8.78. The quantitative estimate of drug-likeness (QED) is 0.811. The predicted molar refractivity (Wildman–Crippen MR) is 63.5 cm³/mol. The van der Waals surface area contributed by atoms with E-state index in [-0.39, 0.29) is 5.89 Å². The Balaban J connectivity index is 1.89. The minimum atomic E-state index is -1.05. The van der Waals surface area contributed by atoms with Gasteiger partial charge in [0, 0.05) is 24.5 Å². The topological polar surface area (TPSA) is 84.1 Å². The number of nitrogens with zero attached hydrogens (tertiary/aromatic N) is 3. The fourth-order valence-corrected chi connectivity index (χ4v) is 2.10. The SMILES string of the molecule is OC1(c2nc(-c3ccncc3)no2)CCCNC1. The first kappa shape index (κ1) is 11.3. The molecule has 2 aromatic heterocycles. The van der Waals surface area contributed by atoms with E-state index in [0.29, 0.717) is 18.8 Å². The lowest BCUT2D eigenvalue weighted by atomic mass is 9.94. The van der Waals surface area contributed by atoms with Gasteiger partial charge in [0.15, 0.2) is 5.60 Å². The van der Waals surface area contributed by atoms with Crippen molar-refractivity contribution in [3.05, 3.63) is 30.4 Å². The summed E-state index contributed by atoms with van der Waals surface area (Å²) in [5.74, 6) is 0.757. The maximum absolute atomic E-state index is 10.4. The monoisotopic (exact) mass is 246 g/mol. The lowest BCUT2D eigenvalue weighted by Gasteiger charge is -2.28. The van der Waals surface area contributed by atoms with E-state index in [1.165, 1.54) is 0 Å². The third-order valence-electron chi connectivity index (χ3n) is 3.12.